The maximum Gasteiger partial charge on any atom is 0.219 e. The van der Waals surface area contributed by atoms with Gasteiger partial charge in [0.1, 0.15) is 10.6 Å². The average molecular weight is 455 g/mol. The van der Waals surface area contributed by atoms with E-state index in [1.165, 1.54) is 30.8 Å². The predicted octanol–water partition coefficient (Wildman–Crippen LogP) is 2.09. The lowest BCUT2D eigenvalue weighted by Crippen LogP contribution is -2.41. The van der Waals surface area contributed by atoms with Crippen molar-refractivity contribution in [3.8, 4) is 11.4 Å². The third-order valence-corrected chi connectivity index (χ3v) is 7.39. The molecule has 0 unspecified atom stereocenters. The Bertz CT molecular complexity index is 1060. The molecule has 2 fully saturated rings. The van der Waals surface area contributed by atoms with E-state index >= 15 is 0 Å². The van der Waals surface area contributed by atoms with E-state index in [0.717, 1.165) is 41.2 Å². The second-order valence-electron chi connectivity index (χ2n) is 8.68. The van der Waals surface area contributed by atoms with Gasteiger partial charge < -0.3 is 20.3 Å². The van der Waals surface area contributed by atoms with Crippen molar-refractivity contribution >= 4 is 33.3 Å². The molecule has 2 aliphatic heterocycles. The van der Waals surface area contributed by atoms with Crippen LogP contribution in [0.1, 0.15) is 17.7 Å². The Balaban J connectivity index is 1.47. The summed E-state index contributed by atoms with van der Waals surface area (Å²) in [5.74, 6) is 1.85. The van der Waals surface area contributed by atoms with Crippen molar-refractivity contribution in [2.75, 3.05) is 64.1 Å². The maximum atomic E-state index is 5.67. The quantitative estimate of drug-likeness (QED) is 0.621. The molecule has 0 atom stereocenters. The molecule has 32 heavy (non-hydrogen) atoms. The van der Waals surface area contributed by atoms with E-state index in [9.17, 15) is 0 Å². The third kappa shape index (κ3) is 4.54. The van der Waals surface area contributed by atoms with Gasteiger partial charge in [0.25, 0.3) is 0 Å². The molecule has 0 saturated carbocycles. The predicted molar refractivity (Wildman–Crippen MR) is 128 cm³/mol. The zero-order valence-electron chi connectivity index (χ0n) is 18.7. The summed E-state index contributed by atoms with van der Waals surface area (Å²) in [5, 5.41) is 1.11. The summed E-state index contributed by atoms with van der Waals surface area (Å²) in [5.41, 5.74) is 6.44. The Labute approximate surface area is 192 Å². The lowest BCUT2D eigenvalue weighted by atomic mass is 10.0. The molecule has 10 heteroatoms. The average Bonchev–Trinajstić information content (AvgIpc) is 3.22. The number of thiophene rings is 1. The van der Waals surface area contributed by atoms with Crippen molar-refractivity contribution in [1.82, 2.24) is 29.7 Å². The lowest BCUT2D eigenvalue weighted by molar-refractivity contribution is 0.122. The fraction of sp³-hybridized carbons (Fsp3) is 0.545. The van der Waals surface area contributed by atoms with E-state index in [0.29, 0.717) is 25.1 Å². The van der Waals surface area contributed by atoms with E-state index in [1.807, 2.05) is 0 Å². The second kappa shape index (κ2) is 9.22. The van der Waals surface area contributed by atoms with Crippen LogP contribution in [0.2, 0.25) is 0 Å². The third-order valence-electron chi connectivity index (χ3n) is 6.38. The van der Waals surface area contributed by atoms with Gasteiger partial charge in [0.05, 0.1) is 24.2 Å². The largest absolute Gasteiger partial charge is 0.378 e. The van der Waals surface area contributed by atoms with Crippen LogP contribution < -0.4 is 10.6 Å². The van der Waals surface area contributed by atoms with Crippen molar-refractivity contribution in [2.24, 2.45) is 0 Å². The first-order valence-electron chi connectivity index (χ1n) is 11.2. The molecule has 170 valence electrons. The van der Waals surface area contributed by atoms with Gasteiger partial charge in [0.2, 0.25) is 5.95 Å². The first kappa shape index (κ1) is 21.4. The highest BCUT2D eigenvalue weighted by molar-refractivity contribution is 7.18. The van der Waals surface area contributed by atoms with E-state index < -0.39 is 0 Å². The number of hydrogen-bond acceptors (Lipinski definition) is 10. The first-order chi connectivity index (χ1) is 15.6. The van der Waals surface area contributed by atoms with Gasteiger partial charge in [-0.05, 0) is 46.1 Å². The summed E-state index contributed by atoms with van der Waals surface area (Å²) >= 11 is 1.75. The number of nitrogen functional groups attached to an aromatic ring is 1. The highest BCUT2D eigenvalue weighted by atomic mass is 32.1. The topological polar surface area (TPSA) is 96.5 Å². The van der Waals surface area contributed by atoms with Gasteiger partial charge in [-0.2, -0.15) is 0 Å². The minimum absolute atomic E-state index is 0.249. The molecule has 0 aromatic carbocycles. The molecule has 5 heterocycles. The van der Waals surface area contributed by atoms with Crippen molar-refractivity contribution in [2.45, 2.75) is 25.4 Å². The molecule has 0 amide bonds. The van der Waals surface area contributed by atoms with Gasteiger partial charge in [-0.1, -0.05) is 0 Å². The molecule has 0 aliphatic carbocycles. The Morgan fingerprint density at radius 1 is 1.12 bits per heavy atom. The number of likely N-dealkylation sites (tertiary alicyclic amines) is 1. The minimum Gasteiger partial charge on any atom is -0.378 e. The number of aromatic nitrogens is 4. The van der Waals surface area contributed by atoms with E-state index in [2.05, 4.69) is 44.8 Å². The molecule has 0 spiro atoms. The highest BCUT2D eigenvalue weighted by Crippen LogP contribution is 2.34. The Morgan fingerprint density at radius 2 is 1.84 bits per heavy atom. The zero-order valence-corrected chi connectivity index (χ0v) is 19.5. The zero-order chi connectivity index (χ0) is 22.1. The molecule has 9 nitrogen and oxygen atoms in total. The number of piperidine rings is 1. The van der Waals surface area contributed by atoms with E-state index in [4.69, 9.17) is 20.4 Å². The van der Waals surface area contributed by atoms with Gasteiger partial charge >= 0.3 is 0 Å². The van der Waals surface area contributed by atoms with Gasteiger partial charge in [0, 0.05) is 42.9 Å². The number of ether oxygens (including phenoxy) is 1. The molecule has 2 N–H and O–H groups in total. The van der Waals surface area contributed by atoms with Crippen LogP contribution in [0.5, 0.6) is 0 Å². The van der Waals surface area contributed by atoms with Crippen LogP contribution in [-0.4, -0.2) is 89.3 Å². The maximum absolute atomic E-state index is 5.67. The number of morpholine rings is 1. The van der Waals surface area contributed by atoms with Crippen LogP contribution >= 0.6 is 11.3 Å². The fourth-order valence-electron chi connectivity index (χ4n) is 4.44. The fourth-order valence-corrected chi connectivity index (χ4v) is 5.53. The summed E-state index contributed by atoms with van der Waals surface area (Å²) < 4.78 is 5.57. The Morgan fingerprint density at radius 3 is 2.56 bits per heavy atom. The standard InChI is InChI=1S/C22H30N8OS/c1-28-5-3-16(4-6-28)29(2)14-17-11-18-20(30-7-9-31-10-8-30)26-19(27-21(18)32-17)15-12-24-22(23)25-13-15/h11-13,16H,3-10,14H2,1-2H3,(H2,23,24,25). The molecule has 3 aromatic heterocycles. The van der Waals surface area contributed by atoms with Gasteiger partial charge in [-0.3, -0.25) is 4.90 Å². The lowest BCUT2D eigenvalue weighted by Gasteiger charge is -2.34. The molecular weight excluding hydrogens is 424 g/mol. The number of fused-ring (bicyclic) bond motifs is 1. The molecular formula is C22H30N8OS. The second-order valence-corrected chi connectivity index (χ2v) is 9.80. The SMILES string of the molecule is CN1CCC(N(C)Cc2cc3c(N4CCOCC4)nc(-c4cnc(N)nc4)nc3s2)CC1. The normalized spacial score (nSPS) is 18.7. The number of anilines is 2. The van der Waals surface area contributed by atoms with Gasteiger partial charge in [0.15, 0.2) is 5.82 Å². The molecule has 5 rings (SSSR count). The highest BCUT2D eigenvalue weighted by Gasteiger charge is 2.23. The number of hydrogen-bond donors (Lipinski definition) is 1. The van der Waals surface area contributed by atoms with Crippen LogP contribution in [0.25, 0.3) is 21.6 Å². The summed E-state index contributed by atoms with van der Waals surface area (Å²) in [7, 11) is 4.45. The Kier molecular flexibility index (Phi) is 6.18. The molecule has 0 radical (unpaired) electrons. The van der Waals surface area contributed by atoms with Crippen LogP contribution in [-0.2, 0) is 11.3 Å². The Hall–Kier alpha value is -2.40. The summed E-state index contributed by atoms with van der Waals surface area (Å²) in [6.07, 6.45) is 5.82. The minimum atomic E-state index is 0.249. The molecule has 3 aromatic rings. The van der Waals surface area contributed by atoms with Crippen LogP contribution in [0.3, 0.4) is 0 Å². The van der Waals surface area contributed by atoms with E-state index in [-0.39, 0.29) is 5.95 Å². The molecule has 2 saturated heterocycles. The van der Waals surface area contributed by atoms with Crippen molar-refractivity contribution < 1.29 is 4.74 Å². The summed E-state index contributed by atoms with van der Waals surface area (Å²) in [6.45, 7) is 6.33. The summed E-state index contributed by atoms with van der Waals surface area (Å²) in [6, 6.07) is 2.91. The van der Waals surface area contributed by atoms with Crippen LogP contribution in [0.4, 0.5) is 11.8 Å². The van der Waals surface area contributed by atoms with Crippen molar-refractivity contribution in [3.63, 3.8) is 0 Å². The van der Waals surface area contributed by atoms with Gasteiger partial charge in [-0.25, -0.2) is 19.9 Å². The monoisotopic (exact) mass is 454 g/mol. The van der Waals surface area contributed by atoms with E-state index in [1.54, 1.807) is 23.7 Å². The first-order valence-corrected chi connectivity index (χ1v) is 12.0. The van der Waals surface area contributed by atoms with Crippen LogP contribution in [0.15, 0.2) is 18.5 Å². The number of nitrogens with two attached hydrogens (primary N) is 1. The van der Waals surface area contributed by atoms with Crippen molar-refractivity contribution in [3.05, 3.63) is 23.3 Å². The van der Waals surface area contributed by atoms with Crippen LogP contribution in [0, 0.1) is 0 Å². The molecule has 0 bridgehead atoms. The number of nitrogens with zero attached hydrogens (tertiary/aromatic N) is 7. The smallest absolute Gasteiger partial charge is 0.219 e. The molecule has 2 aliphatic rings. The number of rotatable bonds is 5. The van der Waals surface area contributed by atoms with Gasteiger partial charge in [-0.15, -0.1) is 11.3 Å². The summed E-state index contributed by atoms with van der Waals surface area (Å²) in [4.78, 5) is 27.6. The van der Waals surface area contributed by atoms with Crippen molar-refractivity contribution in [1.29, 1.82) is 0 Å².